The van der Waals surface area contributed by atoms with Gasteiger partial charge in [-0.2, -0.15) is 4.68 Å². The highest BCUT2D eigenvalue weighted by atomic mass is 19.1. The summed E-state index contributed by atoms with van der Waals surface area (Å²) in [4.78, 5) is 38.0. The van der Waals surface area contributed by atoms with Crippen molar-refractivity contribution in [1.29, 1.82) is 0 Å². The molecule has 0 radical (unpaired) electrons. The summed E-state index contributed by atoms with van der Waals surface area (Å²) in [5, 5.41) is 3.34. The number of ether oxygens (including phenoxy) is 1. The van der Waals surface area contributed by atoms with Gasteiger partial charge in [0.2, 0.25) is 0 Å². The predicted molar refractivity (Wildman–Crippen MR) is 126 cm³/mol. The summed E-state index contributed by atoms with van der Waals surface area (Å²) in [7, 11) is 0. The van der Waals surface area contributed by atoms with E-state index in [1.165, 1.54) is 6.07 Å². The molecule has 0 atom stereocenters. The van der Waals surface area contributed by atoms with Crippen molar-refractivity contribution in [3.63, 3.8) is 0 Å². The number of carbonyl (C=O) groups excluding carboxylic acids is 1. The summed E-state index contributed by atoms with van der Waals surface area (Å²) < 4.78 is 22.4. The number of unbranched alkanes of at least 4 members (excludes halogenated alkanes) is 1. The van der Waals surface area contributed by atoms with Crippen LogP contribution in [0.25, 0.3) is 10.9 Å². The Labute approximate surface area is 192 Å². The van der Waals surface area contributed by atoms with Crippen LogP contribution >= 0.6 is 0 Å². The Morgan fingerprint density at radius 3 is 2.61 bits per heavy atom. The second-order valence-electron chi connectivity index (χ2n) is 9.08. The van der Waals surface area contributed by atoms with Crippen LogP contribution in [0.3, 0.4) is 0 Å². The third kappa shape index (κ3) is 5.39. The molecule has 33 heavy (non-hydrogen) atoms. The molecule has 1 aromatic carbocycles. The quantitative estimate of drug-likeness (QED) is 0.394. The van der Waals surface area contributed by atoms with Gasteiger partial charge in [-0.3, -0.25) is 14.2 Å². The average Bonchev–Trinajstić information content (AvgIpc) is 3.47. The average molecular weight is 461 g/mol. The molecular weight excluding hydrogens is 427 g/mol. The monoisotopic (exact) mass is 460 g/mol. The van der Waals surface area contributed by atoms with E-state index in [1.807, 2.05) is 0 Å². The van der Waals surface area contributed by atoms with Crippen LogP contribution in [0.5, 0.6) is 0 Å². The highest BCUT2D eigenvalue weighted by Gasteiger charge is 2.25. The Morgan fingerprint density at radius 2 is 1.91 bits per heavy atom. The lowest BCUT2D eigenvalue weighted by molar-refractivity contribution is -0.143. The number of carbonyl (C=O) groups is 1. The molecule has 180 valence electrons. The maximum Gasteiger partial charge on any atom is 0.350 e. The number of esters is 1. The standard InChI is InChI=1S/C24H33FN4O4/c1-2-33-22(30)9-5-6-12-27-29-23(31)18-13-19(25)20(26-15-16-10-11-16)14-21(18)28(24(29)32)17-7-3-4-8-17/h13-14,16-17,26-27H,2-12,15H2,1H3. The van der Waals surface area contributed by atoms with Gasteiger partial charge >= 0.3 is 11.7 Å². The maximum absolute atomic E-state index is 14.8. The second kappa shape index (κ2) is 10.4. The second-order valence-corrected chi connectivity index (χ2v) is 9.08. The first-order chi connectivity index (χ1) is 16.0. The van der Waals surface area contributed by atoms with E-state index in [9.17, 15) is 18.8 Å². The van der Waals surface area contributed by atoms with Gasteiger partial charge in [-0.1, -0.05) is 12.8 Å². The van der Waals surface area contributed by atoms with Gasteiger partial charge in [0.25, 0.3) is 5.56 Å². The van der Waals surface area contributed by atoms with Gasteiger partial charge < -0.3 is 15.5 Å². The molecule has 2 aliphatic rings. The number of benzene rings is 1. The van der Waals surface area contributed by atoms with E-state index in [1.54, 1.807) is 17.6 Å². The minimum atomic E-state index is -0.553. The maximum atomic E-state index is 14.8. The van der Waals surface area contributed by atoms with E-state index in [4.69, 9.17) is 4.74 Å². The molecule has 2 fully saturated rings. The molecule has 2 N–H and O–H groups in total. The topological polar surface area (TPSA) is 94.4 Å². The van der Waals surface area contributed by atoms with Crippen molar-refractivity contribution >= 4 is 22.6 Å². The zero-order valence-electron chi connectivity index (χ0n) is 19.2. The summed E-state index contributed by atoms with van der Waals surface area (Å²) in [6.45, 7) is 3.14. The molecule has 0 saturated heterocycles. The summed E-state index contributed by atoms with van der Waals surface area (Å²) >= 11 is 0. The van der Waals surface area contributed by atoms with E-state index < -0.39 is 17.1 Å². The van der Waals surface area contributed by atoms with Crippen LogP contribution in [0.2, 0.25) is 0 Å². The smallest absolute Gasteiger partial charge is 0.350 e. The zero-order chi connectivity index (χ0) is 23.4. The number of hydrogen-bond acceptors (Lipinski definition) is 6. The van der Waals surface area contributed by atoms with Crippen molar-refractivity contribution in [2.24, 2.45) is 5.92 Å². The molecule has 0 unspecified atom stereocenters. The van der Waals surface area contributed by atoms with Crippen molar-refractivity contribution in [3.8, 4) is 0 Å². The van der Waals surface area contributed by atoms with Crippen molar-refractivity contribution in [2.45, 2.75) is 70.8 Å². The van der Waals surface area contributed by atoms with Crippen LogP contribution < -0.4 is 22.0 Å². The summed E-state index contributed by atoms with van der Waals surface area (Å²) in [6, 6.07) is 2.85. The molecule has 0 spiro atoms. The molecule has 2 saturated carbocycles. The molecule has 0 amide bonds. The van der Waals surface area contributed by atoms with Crippen molar-refractivity contribution in [1.82, 2.24) is 9.24 Å². The SMILES string of the molecule is CCOC(=O)CCCCNn1c(=O)c2cc(F)c(NCC3CC3)cc2n(C2CCCC2)c1=O. The third-order valence-electron chi connectivity index (χ3n) is 6.53. The van der Waals surface area contributed by atoms with Crippen molar-refractivity contribution in [3.05, 3.63) is 38.8 Å². The highest BCUT2D eigenvalue weighted by molar-refractivity contribution is 5.82. The number of nitrogens with zero attached hydrogens (tertiary/aromatic N) is 2. The first kappa shape index (κ1) is 23.3. The van der Waals surface area contributed by atoms with E-state index in [-0.39, 0.29) is 23.8 Å². The molecule has 1 heterocycles. The number of rotatable bonds is 11. The van der Waals surface area contributed by atoms with Gasteiger partial charge in [0.05, 0.1) is 23.2 Å². The largest absolute Gasteiger partial charge is 0.466 e. The summed E-state index contributed by atoms with van der Waals surface area (Å²) in [5.41, 5.74) is 2.75. The lowest BCUT2D eigenvalue weighted by Gasteiger charge is -2.20. The molecule has 1 aromatic heterocycles. The van der Waals surface area contributed by atoms with Crippen LogP contribution in [0.1, 0.15) is 70.8 Å². The van der Waals surface area contributed by atoms with Crippen LogP contribution in [0.4, 0.5) is 10.1 Å². The summed E-state index contributed by atoms with van der Waals surface area (Å²) in [6.07, 6.45) is 7.50. The molecular formula is C24H33FN4O4. The van der Waals surface area contributed by atoms with Crippen LogP contribution in [0, 0.1) is 11.7 Å². The minimum absolute atomic E-state index is 0.0146. The fourth-order valence-corrected chi connectivity index (χ4v) is 4.54. The van der Waals surface area contributed by atoms with Crippen molar-refractivity contribution in [2.75, 3.05) is 30.4 Å². The van der Waals surface area contributed by atoms with Gasteiger partial charge in [-0.05, 0) is 63.5 Å². The normalized spacial score (nSPS) is 16.3. The zero-order valence-corrected chi connectivity index (χ0v) is 19.2. The van der Waals surface area contributed by atoms with Gasteiger partial charge in [0.1, 0.15) is 5.82 Å². The fraction of sp³-hybridized carbons (Fsp3) is 0.625. The molecule has 2 aliphatic carbocycles. The lowest BCUT2D eigenvalue weighted by atomic mass is 10.1. The summed E-state index contributed by atoms with van der Waals surface area (Å²) in [5.74, 6) is -0.179. The number of hydrogen-bond donors (Lipinski definition) is 2. The first-order valence-corrected chi connectivity index (χ1v) is 12.1. The van der Waals surface area contributed by atoms with Gasteiger partial charge in [0.15, 0.2) is 0 Å². The van der Waals surface area contributed by atoms with Gasteiger partial charge in [0, 0.05) is 25.6 Å². The predicted octanol–water partition coefficient (Wildman–Crippen LogP) is 3.52. The van der Waals surface area contributed by atoms with Crippen LogP contribution in [-0.4, -0.2) is 34.9 Å². The minimum Gasteiger partial charge on any atom is -0.466 e. The number of halogens is 1. The molecule has 0 bridgehead atoms. The Balaban J connectivity index is 1.61. The van der Waals surface area contributed by atoms with E-state index in [0.717, 1.165) is 43.2 Å². The first-order valence-electron chi connectivity index (χ1n) is 12.1. The van der Waals surface area contributed by atoms with Gasteiger partial charge in [-0.25, -0.2) is 9.18 Å². The van der Waals surface area contributed by atoms with E-state index in [2.05, 4.69) is 10.7 Å². The van der Waals surface area contributed by atoms with E-state index >= 15 is 0 Å². The molecule has 4 rings (SSSR count). The Kier molecular flexibility index (Phi) is 7.35. The number of anilines is 1. The Hall–Kier alpha value is -2.84. The molecule has 0 aliphatic heterocycles. The molecule has 8 nitrogen and oxygen atoms in total. The van der Waals surface area contributed by atoms with Gasteiger partial charge in [-0.15, -0.1) is 0 Å². The van der Waals surface area contributed by atoms with Crippen molar-refractivity contribution < 1.29 is 13.9 Å². The highest BCUT2D eigenvalue weighted by Crippen LogP contribution is 2.32. The third-order valence-corrected chi connectivity index (χ3v) is 6.53. The number of fused-ring (bicyclic) bond motifs is 1. The number of nitrogens with one attached hydrogen (secondary N) is 2. The Morgan fingerprint density at radius 1 is 1.15 bits per heavy atom. The molecule has 2 aromatic rings. The van der Waals surface area contributed by atoms with E-state index in [0.29, 0.717) is 49.7 Å². The fourth-order valence-electron chi connectivity index (χ4n) is 4.54. The van der Waals surface area contributed by atoms with Crippen LogP contribution in [0.15, 0.2) is 21.7 Å². The lowest BCUT2D eigenvalue weighted by Crippen LogP contribution is -2.46. The molecule has 9 heteroatoms. The Bertz CT molecular complexity index is 1120. The van der Waals surface area contributed by atoms with Crippen LogP contribution in [-0.2, 0) is 9.53 Å². The number of aromatic nitrogens is 2.